The van der Waals surface area contributed by atoms with Gasteiger partial charge in [-0.2, -0.15) is 5.10 Å². The summed E-state index contributed by atoms with van der Waals surface area (Å²) < 4.78 is 1.67. The van der Waals surface area contributed by atoms with Gasteiger partial charge in [0.15, 0.2) is 0 Å². The molecule has 0 atom stereocenters. The topological polar surface area (TPSA) is 90.0 Å². The van der Waals surface area contributed by atoms with Crippen molar-refractivity contribution in [3.05, 3.63) is 76.6 Å². The van der Waals surface area contributed by atoms with Gasteiger partial charge in [0.05, 0.1) is 23.1 Å². The van der Waals surface area contributed by atoms with Crippen LogP contribution in [0.1, 0.15) is 33.3 Å². The second kappa shape index (κ2) is 7.41. The molecule has 2 amide bonds. The Morgan fingerprint density at radius 3 is 2.35 bits per heavy atom. The summed E-state index contributed by atoms with van der Waals surface area (Å²) >= 11 is 5.83. The fraction of sp³-hybridized carbons (Fsp3) is 0.105. The van der Waals surface area contributed by atoms with Gasteiger partial charge >= 0.3 is 0 Å². The number of rotatable bonds is 5. The van der Waals surface area contributed by atoms with Gasteiger partial charge in [-0.15, -0.1) is 0 Å². The van der Waals surface area contributed by atoms with Crippen molar-refractivity contribution in [1.29, 1.82) is 0 Å². The minimum atomic E-state index is -0.500. The summed E-state index contributed by atoms with van der Waals surface area (Å²) in [4.78, 5) is 23.7. The summed E-state index contributed by atoms with van der Waals surface area (Å²) in [6.07, 6.45) is 2.09. The van der Waals surface area contributed by atoms with Gasteiger partial charge in [0.2, 0.25) is 0 Å². The van der Waals surface area contributed by atoms with Gasteiger partial charge in [-0.25, -0.2) is 4.68 Å². The molecule has 0 spiro atoms. The van der Waals surface area contributed by atoms with Gasteiger partial charge in [-0.05, 0) is 55.0 Å². The normalized spacial score (nSPS) is 10.5. The van der Waals surface area contributed by atoms with E-state index in [4.69, 9.17) is 17.3 Å². The number of hydrogen-bond acceptors (Lipinski definition) is 3. The molecule has 2 aromatic carbocycles. The molecule has 6 nitrogen and oxygen atoms in total. The highest BCUT2D eigenvalue weighted by molar-refractivity contribution is 6.30. The molecule has 1 heterocycles. The molecule has 0 saturated carbocycles. The average Bonchev–Trinajstić information content (AvgIpc) is 3.07. The van der Waals surface area contributed by atoms with E-state index in [-0.39, 0.29) is 5.91 Å². The molecule has 0 aliphatic rings. The van der Waals surface area contributed by atoms with Crippen LogP contribution in [0.25, 0.3) is 5.69 Å². The Morgan fingerprint density at radius 2 is 1.77 bits per heavy atom. The predicted molar refractivity (Wildman–Crippen MR) is 101 cm³/mol. The number of amides is 2. The third-order valence-electron chi connectivity index (χ3n) is 3.95. The molecule has 0 aliphatic heterocycles. The second-order valence-electron chi connectivity index (χ2n) is 5.64. The Hall–Kier alpha value is -3.12. The van der Waals surface area contributed by atoms with E-state index >= 15 is 0 Å². The number of nitrogens with two attached hydrogens (primary N) is 1. The van der Waals surface area contributed by atoms with Crippen molar-refractivity contribution in [1.82, 2.24) is 9.78 Å². The molecule has 0 bridgehead atoms. The third-order valence-corrected chi connectivity index (χ3v) is 4.20. The highest BCUT2D eigenvalue weighted by Crippen LogP contribution is 2.19. The van der Waals surface area contributed by atoms with E-state index in [9.17, 15) is 9.59 Å². The molecule has 7 heteroatoms. The highest BCUT2D eigenvalue weighted by atomic mass is 35.5. The Kier molecular flexibility index (Phi) is 5.04. The monoisotopic (exact) mass is 368 g/mol. The van der Waals surface area contributed by atoms with Crippen molar-refractivity contribution in [2.45, 2.75) is 13.3 Å². The standard InChI is InChI=1S/C19H17ClN4O2/c1-2-17-16(18(21)25)11-22-24(17)15-9-7-14(8-10-15)23-19(26)12-3-5-13(20)6-4-12/h3-11H,2H2,1H3,(H2,21,25)(H,23,26). The first-order valence-corrected chi connectivity index (χ1v) is 8.41. The van der Waals surface area contributed by atoms with Crippen LogP contribution in [0.15, 0.2) is 54.7 Å². The number of nitrogens with zero attached hydrogens (tertiary/aromatic N) is 2. The number of aromatic nitrogens is 2. The zero-order valence-electron chi connectivity index (χ0n) is 14.1. The number of benzene rings is 2. The van der Waals surface area contributed by atoms with Gasteiger partial charge in [-0.3, -0.25) is 9.59 Å². The average molecular weight is 369 g/mol. The van der Waals surface area contributed by atoms with Gasteiger partial charge in [0.25, 0.3) is 11.8 Å². The Balaban J connectivity index is 1.80. The number of hydrogen-bond donors (Lipinski definition) is 2. The Morgan fingerprint density at radius 1 is 1.12 bits per heavy atom. The first-order chi connectivity index (χ1) is 12.5. The number of carbonyl (C=O) groups is 2. The minimum absolute atomic E-state index is 0.223. The van der Waals surface area contributed by atoms with Crippen LogP contribution >= 0.6 is 11.6 Å². The maximum atomic E-state index is 12.2. The molecule has 0 fully saturated rings. The van der Waals surface area contributed by atoms with Crippen molar-refractivity contribution in [2.75, 3.05) is 5.32 Å². The summed E-state index contributed by atoms with van der Waals surface area (Å²) in [6.45, 7) is 1.93. The van der Waals surface area contributed by atoms with E-state index in [1.54, 1.807) is 41.1 Å². The molecule has 0 aliphatic carbocycles. The van der Waals surface area contributed by atoms with E-state index in [0.29, 0.717) is 28.3 Å². The van der Waals surface area contributed by atoms with Gasteiger partial charge in [0, 0.05) is 16.3 Å². The molecule has 1 aromatic heterocycles. The summed E-state index contributed by atoms with van der Waals surface area (Å²) in [7, 11) is 0. The molecule has 0 radical (unpaired) electrons. The molecular weight excluding hydrogens is 352 g/mol. The molecule has 0 unspecified atom stereocenters. The third kappa shape index (κ3) is 3.60. The maximum Gasteiger partial charge on any atom is 0.255 e. The van der Waals surface area contributed by atoms with Crippen molar-refractivity contribution in [2.24, 2.45) is 5.73 Å². The smallest absolute Gasteiger partial charge is 0.255 e. The largest absolute Gasteiger partial charge is 0.365 e. The fourth-order valence-corrected chi connectivity index (χ4v) is 2.76. The molecule has 0 saturated heterocycles. The molecule has 132 valence electrons. The van der Waals surface area contributed by atoms with Crippen molar-refractivity contribution in [3.63, 3.8) is 0 Å². The SMILES string of the molecule is CCc1c(C(N)=O)cnn1-c1ccc(NC(=O)c2ccc(Cl)cc2)cc1. The quantitative estimate of drug-likeness (QED) is 0.722. The van der Waals surface area contributed by atoms with Crippen LogP contribution in [0.5, 0.6) is 0 Å². The lowest BCUT2D eigenvalue weighted by Gasteiger charge is -2.09. The number of nitrogens with one attached hydrogen (secondary N) is 1. The predicted octanol–water partition coefficient (Wildman–Crippen LogP) is 3.44. The van der Waals surface area contributed by atoms with Gasteiger partial charge in [0.1, 0.15) is 0 Å². The summed E-state index contributed by atoms with van der Waals surface area (Å²) in [5, 5.41) is 7.64. The summed E-state index contributed by atoms with van der Waals surface area (Å²) in [5.41, 5.74) is 8.48. The van der Waals surface area contributed by atoms with E-state index < -0.39 is 5.91 Å². The van der Waals surface area contributed by atoms with E-state index in [2.05, 4.69) is 10.4 Å². The van der Waals surface area contributed by atoms with Crippen LogP contribution in [0.2, 0.25) is 5.02 Å². The van der Waals surface area contributed by atoms with Crippen molar-refractivity contribution in [3.8, 4) is 5.69 Å². The number of anilines is 1. The lowest BCUT2D eigenvalue weighted by Crippen LogP contribution is -2.14. The van der Waals surface area contributed by atoms with Crippen LogP contribution in [0, 0.1) is 0 Å². The molecule has 3 aromatic rings. The summed E-state index contributed by atoms with van der Waals surface area (Å²) in [5.74, 6) is -0.723. The van der Waals surface area contributed by atoms with Gasteiger partial charge in [-0.1, -0.05) is 18.5 Å². The zero-order valence-corrected chi connectivity index (χ0v) is 14.8. The lowest BCUT2D eigenvalue weighted by atomic mass is 10.2. The maximum absolute atomic E-state index is 12.2. The molecule has 26 heavy (non-hydrogen) atoms. The van der Waals surface area contributed by atoms with E-state index in [1.165, 1.54) is 6.20 Å². The van der Waals surface area contributed by atoms with Crippen molar-refractivity contribution >= 4 is 29.1 Å². The first kappa shape index (κ1) is 17.7. The summed E-state index contributed by atoms with van der Waals surface area (Å²) in [6, 6.07) is 13.8. The highest BCUT2D eigenvalue weighted by Gasteiger charge is 2.14. The number of primary amides is 1. The minimum Gasteiger partial charge on any atom is -0.365 e. The van der Waals surface area contributed by atoms with Crippen LogP contribution in [0.4, 0.5) is 5.69 Å². The van der Waals surface area contributed by atoms with Crippen LogP contribution in [-0.4, -0.2) is 21.6 Å². The van der Waals surface area contributed by atoms with Gasteiger partial charge < -0.3 is 11.1 Å². The fourth-order valence-electron chi connectivity index (χ4n) is 2.63. The second-order valence-corrected chi connectivity index (χ2v) is 6.08. The van der Waals surface area contributed by atoms with Crippen LogP contribution in [-0.2, 0) is 6.42 Å². The van der Waals surface area contributed by atoms with Crippen LogP contribution < -0.4 is 11.1 Å². The first-order valence-electron chi connectivity index (χ1n) is 8.03. The Bertz CT molecular complexity index is 947. The lowest BCUT2D eigenvalue weighted by molar-refractivity contribution is 0.0996. The zero-order chi connectivity index (χ0) is 18.7. The number of halogens is 1. The van der Waals surface area contributed by atoms with E-state index in [0.717, 1.165) is 11.4 Å². The van der Waals surface area contributed by atoms with E-state index in [1.807, 2.05) is 19.1 Å². The van der Waals surface area contributed by atoms with Crippen molar-refractivity contribution < 1.29 is 9.59 Å². The molecule has 3 rings (SSSR count). The molecule has 3 N–H and O–H groups in total. The Labute approximate surface area is 155 Å². The number of carbonyl (C=O) groups excluding carboxylic acids is 2. The molecular formula is C19H17ClN4O2. The van der Waals surface area contributed by atoms with Crippen LogP contribution in [0.3, 0.4) is 0 Å².